The summed E-state index contributed by atoms with van der Waals surface area (Å²) < 4.78 is 10.8. The first-order valence-corrected chi connectivity index (χ1v) is 6.00. The number of likely N-dealkylation sites (tertiary alicyclic amines) is 1. The summed E-state index contributed by atoms with van der Waals surface area (Å²) >= 11 is 5.86. The molecule has 17 heavy (non-hydrogen) atoms. The lowest BCUT2D eigenvalue weighted by atomic mass is 10.3. The highest BCUT2D eigenvalue weighted by molar-refractivity contribution is 6.29. The van der Waals surface area contributed by atoms with E-state index in [1.54, 1.807) is 20.3 Å². The van der Waals surface area contributed by atoms with Gasteiger partial charge in [0.1, 0.15) is 5.15 Å². The largest absolute Gasteiger partial charge is 0.377 e. The van der Waals surface area contributed by atoms with E-state index in [4.69, 9.17) is 21.1 Å². The molecule has 2 atom stereocenters. The molecule has 5 heteroatoms. The standard InChI is InChI=1S/C12H17ClN2O2/c1-16-10-7-15(8-11(10)17-2)6-9-4-3-5-12(13)14-9/h3-5,10-11H,6-8H2,1-2H3. The molecule has 1 fully saturated rings. The molecule has 1 aromatic rings. The van der Waals surface area contributed by atoms with Gasteiger partial charge in [-0.2, -0.15) is 0 Å². The summed E-state index contributed by atoms with van der Waals surface area (Å²) in [6, 6.07) is 5.68. The van der Waals surface area contributed by atoms with Crippen LogP contribution in [-0.2, 0) is 16.0 Å². The van der Waals surface area contributed by atoms with E-state index in [0.29, 0.717) is 5.15 Å². The van der Waals surface area contributed by atoms with Crippen molar-refractivity contribution in [3.63, 3.8) is 0 Å². The van der Waals surface area contributed by atoms with E-state index in [2.05, 4.69) is 9.88 Å². The summed E-state index contributed by atoms with van der Waals surface area (Å²) in [5.74, 6) is 0. The second kappa shape index (κ2) is 5.78. The second-order valence-electron chi connectivity index (χ2n) is 4.19. The molecule has 1 aromatic heterocycles. The summed E-state index contributed by atoms with van der Waals surface area (Å²) in [5, 5.41) is 0.535. The SMILES string of the molecule is COC1CN(Cc2cccc(Cl)n2)CC1OC. The van der Waals surface area contributed by atoms with Gasteiger partial charge in [0.05, 0.1) is 17.9 Å². The predicted molar refractivity (Wildman–Crippen MR) is 66.1 cm³/mol. The number of rotatable bonds is 4. The molecule has 0 amide bonds. The van der Waals surface area contributed by atoms with E-state index in [-0.39, 0.29) is 12.2 Å². The van der Waals surface area contributed by atoms with E-state index < -0.39 is 0 Å². The molecule has 2 rings (SSSR count). The van der Waals surface area contributed by atoms with Crippen molar-refractivity contribution in [3.8, 4) is 0 Å². The average molecular weight is 257 g/mol. The van der Waals surface area contributed by atoms with Crippen molar-refractivity contribution in [3.05, 3.63) is 29.0 Å². The van der Waals surface area contributed by atoms with Crippen LogP contribution >= 0.6 is 11.6 Å². The minimum absolute atomic E-state index is 0.138. The van der Waals surface area contributed by atoms with Crippen LogP contribution in [0.5, 0.6) is 0 Å². The fourth-order valence-electron chi connectivity index (χ4n) is 2.17. The van der Waals surface area contributed by atoms with Crippen molar-refractivity contribution in [1.29, 1.82) is 0 Å². The summed E-state index contributed by atoms with van der Waals surface area (Å²) in [6.07, 6.45) is 0.276. The highest BCUT2D eigenvalue weighted by atomic mass is 35.5. The molecular formula is C12H17ClN2O2. The molecule has 0 bridgehead atoms. The lowest BCUT2D eigenvalue weighted by Crippen LogP contribution is -2.27. The van der Waals surface area contributed by atoms with Gasteiger partial charge in [0.2, 0.25) is 0 Å². The Morgan fingerprint density at radius 2 is 1.94 bits per heavy atom. The summed E-state index contributed by atoms with van der Waals surface area (Å²) in [6.45, 7) is 2.51. The first kappa shape index (κ1) is 12.8. The van der Waals surface area contributed by atoms with Crippen molar-refractivity contribution in [1.82, 2.24) is 9.88 Å². The summed E-state index contributed by atoms with van der Waals surface area (Å²) in [4.78, 5) is 6.55. The zero-order chi connectivity index (χ0) is 12.3. The molecule has 1 aliphatic heterocycles. The summed E-state index contributed by atoms with van der Waals surface area (Å²) in [7, 11) is 3.44. The fourth-order valence-corrected chi connectivity index (χ4v) is 2.35. The molecule has 2 heterocycles. The van der Waals surface area contributed by atoms with Gasteiger partial charge in [-0.15, -0.1) is 0 Å². The molecular weight excluding hydrogens is 240 g/mol. The topological polar surface area (TPSA) is 34.6 Å². The molecule has 0 aliphatic carbocycles. The normalized spacial score (nSPS) is 25.4. The average Bonchev–Trinajstić information content (AvgIpc) is 2.71. The van der Waals surface area contributed by atoms with Gasteiger partial charge in [0.25, 0.3) is 0 Å². The van der Waals surface area contributed by atoms with Gasteiger partial charge in [-0.1, -0.05) is 17.7 Å². The van der Waals surface area contributed by atoms with Gasteiger partial charge in [0, 0.05) is 33.9 Å². The minimum atomic E-state index is 0.138. The number of pyridine rings is 1. The Kier molecular flexibility index (Phi) is 4.34. The zero-order valence-corrected chi connectivity index (χ0v) is 10.9. The Hall–Kier alpha value is -0.680. The monoisotopic (exact) mass is 256 g/mol. The number of nitrogens with zero attached hydrogens (tertiary/aromatic N) is 2. The van der Waals surface area contributed by atoms with E-state index in [1.165, 1.54) is 0 Å². The van der Waals surface area contributed by atoms with E-state index in [0.717, 1.165) is 25.3 Å². The number of hydrogen-bond donors (Lipinski definition) is 0. The fraction of sp³-hybridized carbons (Fsp3) is 0.583. The molecule has 0 N–H and O–H groups in total. The maximum absolute atomic E-state index is 5.86. The van der Waals surface area contributed by atoms with E-state index >= 15 is 0 Å². The van der Waals surface area contributed by atoms with Gasteiger partial charge in [-0.05, 0) is 12.1 Å². The Morgan fingerprint density at radius 3 is 2.47 bits per heavy atom. The summed E-state index contributed by atoms with van der Waals surface area (Å²) in [5.41, 5.74) is 0.976. The Labute approximate surface area is 106 Å². The number of methoxy groups -OCH3 is 2. The Morgan fingerprint density at radius 1 is 1.29 bits per heavy atom. The lowest BCUT2D eigenvalue weighted by molar-refractivity contribution is -0.00461. The van der Waals surface area contributed by atoms with Crippen LogP contribution in [0.1, 0.15) is 5.69 Å². The van der Waals surface area contributed by atoms with Crippen LogP contribution in [-0.4, -0.2) is 49.4 Å². The Bertz CT molecular complexity index is 363. The smallest absolute Gasteiger partial charge is 0.129 e. The van der Waals surface area contributed by atoms with Crippen molar-refractivity contribution < 1.29 is 9.47 Å². The van der Waals surface area contributed by atoms with Crippen LogP contribution < -0.4 is 0 Å². The molecule has 1 saturated heterocycles. The highest BCUT2D eigenvalue weighted by Gasteiger charge is 2.32. The first-order chi connectivity index (χ1) is 8.22. The molecule has 0 saturated carbocycles. The third kappa shape index (κ3) is 3.16. The van der Waals surface area contributed by atoms with Gasteiger partial charge >= 0.3 is 0 Å². The maximum atomic E-state index is 5.86. The molecule has 94 valence electrons. The Balaban J connectivity index is 1.97. The van der Waals surface area contributed by atoms with Crippen molar-refractivity contribution >= 4 is 11.6 Å². The first-order valence-electron chi connectivity index (χ1n) is 5.62. The maximum Gasteiger partial charge on any atom is 0.129 e. The van der Waals surface area contributed by atoms with Gasteiger partial charge < -0.3 is 9.47 Å². The van der Waals surface area contributed by atoms with Crippen LogP contribution in [0.3, 0.4) is 0 Å². The van der Waals surface area contributed by atoms with Crippen molar-refractivity contribution in [2.75, 3.05) is 27.3 Å². The van der Waals surface area contributed by atoms with Crippen LogP contribution in [0.25, 0.3) is 0 Å². The minimum Gasteiger partial charge on any atom is -0.377 e. The number of ether oxygens (including phenoxy) is 2. The van der Waals surface area contributed by atoms with Crippen LogP contribution in [0, 0.1) is 0 Å². The molecule has 2 unspecified atom stereocenters. The van der Waals surface area contributed by atoms with E-state index in [1.807, 2.05) is 12.1 Å². The number of halogens is 1. The molecule has 0 spiro atoms. The predicted octanol–water partition coefficient (Wildman–Crippen LogP) is 1.58. The molecule has 1 aliphatic rings. The second-order valence-corrected chi connectivity index (χ2v) is 4.58. The third-order valence-corrected chi connectivity index (χ3v) is 3.27. The van der Waals surface area contributed by atoms with Crippen molar-refractivity contribution in [2.24, 2.45) is 0 Å². The number of aromatic nitrogens is 1. The van der Waals surface area contributed by atoms with Gasteiger partial charge in [-0.3, -0.25) is 4.90 Å². The van der Waals surface area contributed by atoms with Gasteiger partial charge in [-0.25, -0.2) is 4.98 Å². The van der Waals surface area contributed by atoms with Crippen LogP contribution in [0.15, 0.2) is 18.2 Å². The van der Waals surface area contributed by atoms with Crippen LogP contribution in [0.4, 0.5) is 0 Å². The van der Waals surface area contributed by atoms with E-state index in [9.17, 15) is 0 Å². The van der Waals surface area contributed by atoms with Crippen LogP contribution in [0.2, 0.25) is 5.15 Å². The lowest BCUT2D eigenvalue weighted by Gasteiger charge is -2.14. The van der Waals surface area contributed by atoms with Gasteiger partial charge in [0.15, 0.2) is 0 Å². The number of hydrogen-bond acceptors (Lipinski definition) is 4. The quantitative estimate of drug-likeness (QED) is 0.767. The highest BCUT2D eigenvalue weighted by Crippen LogP contribution is 2.18. The molecule has 0 aromatic carbocycles. The molecule has 0 radical (unpaired) electrons. The third-order valence-electron chi connectivity index (χ3n) is 3.05. The van der Waals surface area contributed by atoms with Crippen molar-refractivity contribution in [2.45, 2.75) is 18.8 Å². The molecule has 4 nitrogen and oxygen atoms in total. The zero-order valence-electron chi connectivity index (χ0n) is 10.1.